The van der Waals surface area contributed by atoms with Gasteiger partial charge in [-0.1, -0.05) is 6.07 Å². The molecule has 0 aliphatic carbocycles. The van der Waals surface area contributed by atoms with Crippen LogP contribution in [0.4, 0.5) is 0 Å². The summed E-state index contributed by atoms with van der Waals surface area (Å²) < 4.78 is 6.81. The Balaban J connectivity index is 1.45. The number of hydrogen-bond acceptors (Lipinski definition) is 7. The Bertz CT molecular complexity index is 1270. The second-order valence-corrected chi connectivity index (χ2v) is 8.03. The van der Waals surface area contributed by atoms with Gasteiger partial charge in [0, 0.05) is 43.5 Å². The van der Waals surface area contributed by atoms with E-state index >= 15 is 0 Å². The number of carbonyl (C=O) groups excluding carboxylic acids is 2. The van der Waals surface area contributed by atoms with Gasteiger partial charge >= 0.3 is 5.97 Å². The first kappa shape index (κ1) is 22.2. The zero-order chi connectivity index (χ0) is 23.5. The van der Waals surface area contributed by atoms with E-state index in [9.17, 15) is 9.59 Å². The Labute approximate surface area is 191 Å². The molecule has 2 N–H and O–H groups in total. The number of rotatable bonds is 7. The number of hydrogen-bond donors (Lipinski definition) is 2. The zero-order valence-electron chi connectivity index (χ0n) is 18.7. The van der Waals surface area contributed by atoms with Gasteiger partial charge in [0.25, 0.3) is 0 Å². The van der Waals surface area contributed by atoms with E-state index in [1.807, 2.05) is 32.2 Å². The lowest BCUT2D eigenvalue weighted by atomic mass is 9.94. The second-order valence-electron chi connectivity index (χ2n) is 8.03. The maximum Gasteiger partial charge on any atom is 0.338 e. The number of nitrogens with zero attached hydrogens (tertiary/aromatic N) is 4. The van der Waals surface area contributed by atoms with Gasteiger partial charge in [-0.15, -0.1) is 0 Å². The van der Waals surface area contributed by atoms with Crippen molar-refractivity contribution < 1.29 is 14.3 Å². The second kappa shape index (κ2) is 9.22. The molecule has 0 spiro atoms. The number of aromatic nitrogens is 3. The van der Waals surface area contributed by atoms with Gasteiger partial charge in [0.05, 0.1) is 23.4 Å². The largest absolute Gasteiger partial charge is 0.457 e. The summed E-state index contributed by atoms with van der Waals surface area (Å²) in [5.74, 6) is 0.196. The number of fused-ring (bicyclic) bond motifs is 1. The summed E-state index contributed by atoms with van der Waals surface area (Å²) >= 11 is 0. The molecule has 0 bridgehead atoms. The van der Waals surface area contributed by atoms with Crippen LogP contribution in [0.3, 0.4) is 0 Å². The van der Waals surface area contributed by atoms with Crippen molar-refractivity contribution in [1.82, 2.24) is 25.4 Å². The van der Waals surface area contributed by atoms with Gasteiger partial charge in [-0.3, -0.25) is 4.79 Å². The molecule has 0 unspecified atom stereocenters. The van der Waals surface area contributed by atoms with E-state index in [0.29, 0.717) is 30.0 Å². The summed E-state index contributed by atoms with van der Waals surface area (Å²) in [6.45, 7) is 6.59. The van der Waals surface area contributed by atoms with Crippen LogP contribution in [-0.2, 0) is 22.7 Å². The zero-order valence-corrected chi connectivity index (χ0v) is 18.7. The molecule has 1 amide bonds. The molecule has 9 heteroatoms. The Kier molecular flexibility index (Phi) is 6.20. The number of ether oxygens (including phenoxy) is 1. The fourth-order valence-corrected chi connectivity index (χ4v) is 3.95. The molecule has 0 radical (unpaired) electrons. The smallest absolute Gasteiger partial charge is 0.338 e. The number of pyridine rings is 1. The van der Waals surface area contributed by atoms with Gasteiger partial charge in [0.2, 0.25) is 5.91 Å². The van der Waals surface area contributed by atoms with Crippen LogP contribution in [0.2, 0.25) is 0 Å². The summed E-state index contributed by atoms with van der Waals surface area (Å²) in [7, 11) is 0. The van der Waals surface area contributed by atoms with E-state index in [4.69, 9.17) is 10.00 Å². The molecule has 1 aromatic carbocycles. The predicted octanol–water partition coefficient (Wildman–Crippen LogP) is 2.39. The van der Waals surface area contributed by atoms with Crippen molar-refractivity contribution in [2.45, 2.75) is 40.0 Å². The average Bonchev–Trinajstić information content (AvgIpc) is 3.40. The number of nitriles is 1. The molecule has 0 saturated carbocycles. The van der Waals surface area contributed by atoms with Crippen molar-refractivity contribution in [1.29, 1.82) is 5.26 Å². The lowest BCUT2D eigenvalue weighted by Gasteiger charge is -2.22. The molecular weight excluding hydrogens is 420 g/mol. The molecule has 0 saturated heterocycles. The maximum atomic E-state index is 11.8. The minimum Gasteiger partial charge on any atom is -0.457 e. The third kappa shape index (κ3) is 4.61. The molecule has 1 atom stereocenters. The maximum absolute atomic E-state index is 11.8. The Morgan fingerprint density at radius 3 is 2.88 bits per heavy atom. The van der Waals surface area contributed by atoms with Crippen molar-refractivity contribution in [2.24, 2.45) is 0 Å². The van der Waals surface area contributed by atoms with Crippen molar-refractivity contribution >= 4 is 11.9 Å². The third-order valence-corrected chi connectivity index (χ3v) is 5.73. The predicted molar refractivity (Wildman–Crippen MR) is 119 cm³/mol. The minimum absolute atomic E-state index is 0.135. The molecule has 3 aromatic rings. The van der Waals surface area contributed by atoms with Crippen LogP contribution in [0.25, 0.3) is 5.82 Å². The van der Waals surface area contributed by atoms with Crippen LogP contribution in [0.5, 0.6) is 0 Å². The van der Waals surface area contributed by atoms with Gasteiger partial charge in [-0.2, -0.15) is 10.4 Å². The summed E-state index contributed by atoms with van der Waals surface area (Å²) in [6, 6.07) is 7.30. The van der Waals surface area contributed by atoms with Crippen LogP contribution in [0, 0.1) is 25.2 Å². The van der Waals surface area contributed by atoms with Gasteiger partial charge in [0.15, 0.2) is 5.82 Å². The molecule has 1 aliphatic heterocycles. The normalized spacial score (nSPS) is 13.2. The number of aryl methyl sites for hydroxylation is 1. The number of benzene rings is 1. The molecule has 3 heterocycles. The van der Waals surface area contributed by atoms with Crippen LogP contribution >= 0.6 is 0 Å². The first-order valence-electron chi connectivity index (χ1n) is 10.6. The molecule has 9 nitrogen and oxygen atoms in total. The molecule has 2 aromatic heterocycles. The third-order valence-electron chi connectivity index (χ3n) is 5.73. The highest BCUT2D eigenvalue weighted by Gasteiger charge is 2.26. The molecular formula is C24H24N6O3. The fraction of sp³-hybridized carbons (Fsp3) is 0.292. The first-order valence-corrected chi connectivity index (χ1v) is 10.6. The Morgan fingerprint density at radius 1 is 1.33 bits per heavy atom. The monoisotopic (exact) mass is 444 g/mol. The highest BCUT2D eigenvalue weighted by atomic mass is 16.5. The van der Waals surface area contributed by atoms with E-state index < -0.39 is 0 Å². The van der Waals surface area contributed by atoms with Crippen LogP contribution in [0.1, 0.15) is 56.7 Å². The number of carbonyl (C=O) groups is 2. The number of esters is 1. The molecule has 0 fully saturated rings. The lowest BCUT2D eigenvalue weighted by Crippen LogP contribution is -2.34. The van der Waals surface area contributed by atoms with E-state index in [-0.39, 0.29) is 24.5 Å². The number of cyclic esters (lactones) is 1. The van der Waals surface area contributed by atoms with Crippen LogP contribution < -0.4 is 10.6 Å². The standard InChI is InChI=1S/C24H24N6O3/c1-14-6-23(27-10-18(14)7-25)30-12-17(9-28-30)8-26-11-22(29-16(3)31)19-4-5-20-21(15(19)2)13-33-24(20)32/h4-6,9-10,12,22,26H,8,11,13H2,1-3H3,(H,29,31)/t22-/m0/s1. The Hall–Kier alpha value is -4.03. The quantitative estimate of drug-likeness (QED) is 0.537. The van der Waals surface area contributed by atoms with Gasteiger partial charge in [-0.05, 0) is 42.7 Å². The van der Waals surface area contributed by atoms with Gasteiger partial charge in [-0.25, -0.2) is 14.5 Å². The van der Waals surface area contributed by atoms with Crippen molar-refractivity contribution in [2.75, 3.05) is 6.54 Å². The van der Waals surface area contributed by atoms with Crippen LogP contribution in [0.15, 0.2) is 36.8 Å². The fourth-order valence-electron chi connectivity index (χ4n) is 3.95. The summed E-state index contributed by atoms with van der Waals surface area (Å²) in [5.41, 5.74) is 5.69. The van der Waals surface area contributed by atoms with Gasteiger partial charge < -0.3 is 15.4 Å². The number of amides is 1. The highest BCUT2D eigenvalue weighted by molar-refractivity contribution is 5.94. The lowest BCUT2D eigenvalue weighted by molar-refractivity contribution is -0.119. The van der Waals surface area contributed by atoms with Crippen molar-refractivity contribution in [3.63, 3.8) is 0 Å². The Morgan fingerprint density at radius 2 is 2.15 bits per heavy atom. The van der Waals surface area contributed by atoms with E-state index in [2.05, 4.69) is 26.8 Å². The average molecular weight is 444 g/mol. The SMILES string of the molecule is CC(=O)N[C@@H](CNCc1cnn(-c2cc(C)c(C#N)cn2)c1)c1ccc2c(c1C)COC2=O. The van der Waals surface area contributed by atoms with Crippen LogP contribution in [-0.4, -0.2) is 33.2 Å². The highest BCUT2D eigenvalue weighted by Crippen LogP contribution is 2.29. The first-order chi connectivity index (χ1) is 15.9. The van der Waals surface area contributed by atoms with E-state index in [1.54, 1.807) is 23.1 Å². The summed E-state index contributed by atoms with van der Waals surface area (Å²) in [6.07, 6.45) is 5.16. The van der Waals surface area contributed by atoms with Crippen molar-refractivity contribution in [3.05, 3.63) is 75.7 Å². The molecule has 168 valence electrons. The topological polar surface area (TPSA) is 122 Å². The van der Waals surface area contributed by atoms with Gasteiger partial charge in [0.1, 0.15) is 12.7 Å². The van der Waals surface area contributed by atoms with E-state index in [0.717, 1.165) is 27.8 Å². The van der Waals surface area contributed by atoms with Crippen molar-refractivity contribution in [3.8, 4) is 11.9 Å². The summed E-state index contributed by atoms with van der Waals surface area (Å²) in [4.78, 5) is 28.0. The van der Waals surface area contributed by atoms with E-state index in [1.165, 1.54) is 6.92 Å². The molecule has 33 heavy (non-hydrogen) atoms. The molecule has 1 aliphatic rings. The summed E-state index contributed by atoms with van der Waals surface area (Å²) in [5, 5.41) is 19.8. The number of nitrogens with one attached hydrogen (secondary N) is 2. The molecule has 4 rings (SSSR count). The minimum atomic E-state index is -0.308.